The first kappa shape index (κ1) is 23.3. The molecular weight excluding hydrogens is 443 g/mol. The van der Waals surface area contributed by atoms with E-state index in [1.807, 2.05) is 0 Å². The number of nitrogens with zero attached hydrogens (tertiary/aromatic N) is 2. The summed E-state index contributed by atoms with van der Waals surface area (Å²) in [7, 11) is 0. The van der Waals surface area contributed by atoms with Crippen LogP contribution >= 0.6 is 11.6 Å². The van der Waals surface area contributed by atoms with Crippen molar-refractivity contribution in [2.75, 3.05) is 19.8 Å². The molecule has 2 atom stereocenters. The van der Waals surface area contributed by atoms with E-state index >= 15 is 0 Å². The highest BCUT2D eigenvalue weighted by Crippen LogP contribution is 2.27. The third kappa shape index (κ3) is 8.00. The van der Waals surface area contributed by atoms with Crippen LogP contribution in [0.2, 0.25) is 5.02 Å². The first-order valence-corrected chi connectivity index (χ1v) is 9.98. The molecule has 0 aliphatic carbocycles. The van der Waals surface area contributed by atoms with Crippen molar-refractivity contribution in [2.24, 2.45) is 0 Å². The molecule has 1 aliphatic heterocycles. The highest BCUT2D eigenvalue weighted by Gasteiger charge is 2.29. The van der Waals surface area contributed by atoms with Crippen LogP contribution in [-0.2, 0) is 20.7 Å². The van der Waals surface area contributed by atoms with Gasteiger partial charge in [-0.1, -0.05) is 11.6 Å². The van der Waals surface area contributed by atoms with Crippen LogP contribution in [0, 0.1) is 0 Å². The smallest absolute Gasteiger partial charge is 0.484 e. The highest BCUT2D eigenvalue weighted by atomic mass is 35.5. The molecule has 0 bridgehead atoms. The number of aromatic nitrogens is 2. The van der Waals surface area contributed by atoms with Crippen LogP contribution in [0.1, 0.15) is 37.1 Å². The van der Waals surface area contributed by atoms with Crippen LogP contribution in [0.25, 0.3) is 0 Å². The van der Waals surface area contributed by atoms with Gasteiger partial charge < -0.3 is 19.2 Å². The van der Waals surface area contributed by atoms with Crippen molar-refractivity contribution in [2.45, 2.75) is 44.2 Å². The van der Waals surface area contributed by atoms with E-state index in [1.165, 1.54) is 0 Å². The van der Waals surface area contributed by atoms with E-state index in [9.17, 15) is 18.0 Å². The van der Waals surface area contributed by atoms with Gasteiger partial charge in [0.1, 0.15) is 11.9 Å². The molecule has 0 spiro atoms. The molecule has 2 heterocycles. The zero-order valence-corrected chi connectivity index (χ0v) is 17.1. The Hall–Kier alpha value is -2.37. The second kappa shape index (κ2) is 10.8. The van der Waals surface area contributed by atoms with Gasteiger partial charge in [-0.05, 0) is 43.5 Å². The maximum Gasteiger partial charge on any atom is 0.522 e. The van der Waals surface area contributed by atoms with Crippen LogP contribution in [0.15, 0.2) is 28.7 Å². The van der Waals surface area contributed by atoms with Crippen molar-refractivity contribution in [3.8, 4) is 5.75 Å². The van der Waals surface area contributed by atoms with Crippen molar-refractivity contribution in [1.29, 1.82) is 0 Å². The molecule has 1 amide bonds. The van der Waals surface area contributed by atoms with Gasteiger partial charge >= 0.3 is 6.36 Å². The zero-order chi connectivity index (χ0) is 22.3. The fourth-order valence-electron chi connectivity index (χ4n) is 2.92. The van der Waals surface area contributed by atoms with E-state index < -0.39 is 19.1 Å². The Balaban J connectivity index is 1.35. The Morgan fingerprint density at radius 2 is 2.00 bits per heavy atom. The summed E-state index contributed by atoms with van der Waals surface area (Å²) in [5, 5.41) is 11.1. The Labute approximate surface area is 181 Å². The van der Waals surface area contributed by atoms with Crippen LogP contribution in [0.3, 0.4) is 0 Å². The molecule has 1 N–H and O–H groups in total. The summed E-state index contributed by atoms with van der Waals surface area (Å²) in [5.41, 5.74) is 0. The van der Waals surface area contributed by atoms with Crippen LogP contribution in [0.5, 0.6) is 5.75 Å². The number of halogens is 4. The van der Waals surface area contributed by atoms with Crippen molar-refractivity contribution >= 4 is 17.5 Å². The van der Waals surface area contributed by atoms with Gasteiger partial charge in [-0.3, -0.25) is 9.53 Å². The molecule has 2 aromatic rings. The average Bonchev–Trinajstić information content (AvgIpc) is 3.20. The van der Waals surface area contributed by atoms with Gasteiger partial charge in [-0.15, -0.1) is 23.4 Å². The average molecular weight is 464 g/mol. The van der Waals surface area contributed by atoms with E-state index in [4.69, 9.17) is 25.5 Å². The predicted octanol–water partition coefficient (Wildman–Crippen LogP) is 3.61. The number of rotatable bonds is 9. The molecule has 12 heteroatoms. The molecule has 1 aromatic carbocycles. The van der Waals surface area contributed by atoms with Gasteiger partial charge in [-0.25, -0.2) is 0 Å². The lowest BCUT2D eigenvalue weighted by atomic mass is 10.0. The molecule has 0 saturated carbocycles. The second-order valence-electron chi connectivity index (χ2n) is 6.84. The SMILES string of the molecule is O=C(COc1ccc(Cl)cc1)N[C@@H]1CC[C@@H](c2nnc(CCCOC(F)(F)F)o2)OC1. The molecule has 170 valence electrons. The van der Waals surface area contributed by atoms with Gasteiger partial charge in [0.15, 0.2) is 6.61 Å². The Morgan fingerprint density at radius 3 is 2.68 bits per heavy atom. The summed E-state index contributed by atoms with van der Waals surface area (Å²) in [5.74, 6) is 0.751. The predicted molar refractivity (Wildman–Crippen MR) is 101 cm³/mol. The van der Waals surface area contributed by atoms with E-state index in [1.54, 1.807) is 24.3 Å². The summed E-state index contributed by atoms with van der Waals surface area (Å²) < 4.78 is 56.1. The van der Waals surface area contributed by atoms with Gasteiger partial charge in [0.2, 0.25) is 11.8 Å². The summed E-state index contributed by atoms with van der Waals surface area (Å²) in [6.45, 7) is -0.356. The molecule has 31 heavy (non-hydrogen) atoms. The number of hydrogen-bond acceptors (Lipinski definition) is 7. The molecule has 1 aromatic heterocycles. The van der Waals surface area contributed by atoms with Crippen molar-refractivity contribution in [1.82, 2.24) is 15.5 Å². The first-order chi connectivity index (χ1) is 14.8. The number of benzene rings is 1. The van der Waals surface area contributed by atoms with Crippen LogP contribution < -0.4 is 10.1 Å². The monoisotopic (exact) mass is 463 g/mol. The molecule has 3 rings (SSSR count). The van der Waals surface area contributed by atoms with Crippen molar-refractivity contribution < 1.29 is 36.6 Å². The Bertz CT molecular complexity index is 839. The number of nitrogens with one attached hydrogen (secondary N) is 1. The third-order valence-corrected chi connectivity index (χ3v) is 4.64. The number of carbonyl (C=O) groups is 1. The minimum atomic E-state index is -4.65. The highest BCUT2D eigenvalue weighted by molar-refractivity contribution is 6.30. The lowest BCUT2D eigenvalue weighted by Gasteiger charge is -2.27. The first-order valence-electron chi connectivity index (χ1n) is 9.61. The standard InChI is InChI=1S/C19H21ClF3N3O5/c20-12-3-6-14(7-4-12)28-11-16(27)24-13-5-8-15(29-10-13)18-26-25-17(31-18)2-1-9-30-19(21,22)23/h3-4,6-7,13,15H,1-2,5,8-11H2,(H,24,27)/t13-,15+/m1/s1. The van der Waals surface area contributed by atoms with Crippen LogP contribution in [-0.4, -0.2) is 48.3 Å². The largest absolute Gasteiger partial charge is 0.522 e. The normalized spacial score (nSPS) is 19.2. The molecule has 0 radical (unpaired) electrons. The lowest BCUT2D eigenvalue weighted by Crippen LogP contribution is -2.43. The molecule has 1 aliphatic rings. The minimum absolute atomic E-state index is 0.0961. The van der Waals surface area contributed by atoms with Gasteiger partial charge in [0.25, 0.3) is 5.91 Å². The molecular formula is C19H21ClF3N3O5. The maximum atomic E-state index is 12.1. The third-order valence-electron chi connectivity index (χ3n) is 4.38. The molecule has 0 unspecified atom stereocenters. The number of amides is 1. The zero-order valence-electron chi connectivity index (χ0n) is 16.4. The maximum absolute atomic E-state index is 12.1. The van der Waals surface area contributed by atoms with E-state index in [0.717, 1.165) is 0 Å². The number of ether oxygens (including phenoxy) is 3. The fraction of sp³-hybridized carbons (Fsp3) is 0.526. The topological polar surface area (TPSA) is 95.7 Å². The van der Waals surface area contributed by atoms with Crippen LogP contribution in [0.4, 0.5) is 13.2 Å². The molecule has 1 fully saturated rings. The second-order valence-corrected chi connectivity index (χ2v) is 7.27. The van der Waals surface area contributed by atoms with Crippen molar-refractivity contribution in [3.63, 3.8) is 0 Å². The van der Waals surface area contributed by atoms with Gasteiger partial charge in [0, 0.05) is 11.4 Å². The number of alkyl halides is 3. The van der Waals surface area contributed by atoms with E-state index in [-0.39, 0.29) is 49.8 Å². The summed E-state index contributed by atoms with van der Waals surface area (Å²) in [6.07, 6.45) is -3.63. The Kier molecular flexibility index (Phi) is 8.10. The summed E-state index contributed by atoms with van der Waals surface area (Å²) >= 11 is 5.80. The van der Waals surface area contributed by atoms with E-state index in [2.05, 4.69) is 20.3 Å². The molecule has 1 saturated heterocycles. The lowest BCUT2D eigenvalue weighted by molar-refractivity contribution is -0.324. The minimum Gasteiger partial charge on any atom is -0.484 e. The quantitative estimate of drug-likeness (QED) is 0.567. The van der Waals surface area contributed by atoms with Crippen molar-refractivity contribution in [3.05, 3.63) is 41.1 Å². The Morgan fingerprint density at radius 1 is 1.23 bits per heavy atom. The number of hydrogen-bond donors (Lipinski definition) is 1. The number of carbonyl (C=O) groups excluding carboxylic acids is 1. The van der Waals surface area contributed by atoms with Gasteiger partial charge in [0.05, 0.1) is 19.3 Å². The molecule has 8 nitrogen and oxygen atoms in total. The van der Waals surface area contributed by atoms with E-state index in [0.29, 0.717) is 23.6 Å². The van der Waals surface area contributed by atoms with Gasteiger partial charge in [-0.2, -0.15) is 0 Å². The fourth-order valence-corrected chi connectivity index (χ4v) is 3.04. The summed E-state index contributed by atoms with van der Waals surface area (Å²) in [6, 6.07) is 6.50. The summed E-state index contributed by atoms with van der Waals surface area (Å²) in [4.78, 5) is 12.1. The number of aryl methyl sites for hydroxylation is 1.